The molecule has 1 aliphatic heterocycles. The molecule has 0 aromatic rings. The highest BCUT2D eigenvalue weighted by Crippen LogP contribution is 2.38. The zero-order valence-corrected chi connectivity index (χ0v) is 13.9. The molecule has 0 spiro atoms. The lowest BCUT2D eigenvalue weighted by molar-refractivity contribution is 0.0635. The Labute approximate surface area is 117 Å². The summed E-state index contributed by atoms with van der Waals surface area (Å²) in [4.78, 5) is 10.9. The zero-order chi connectivity index (χ0) is 14.8. The van der Waals surface area contributed by atoms with Crippen LogP contribution in [0.25, 0.3) is 0 Å². The van der Waals surface area contributed by atoms with E-state index in [1.165, 1.54) is 0 Å². The Balaban J connectivity index is 2.83. The maximum atomic E-state index is 10.9. The van der Waals surface area contributed by atoms with Crippen molar-refractivity contribution in [3.8, 4) is 0 Å². The van der Waals surface area contributed by atoms with E-state index in [-0.39, 0.29) is 17.2 Å². The lowest BCUT2D eigenvalue weighted by atomic mass is 9.94. The van der Waals surface area contributed by atoms with Gasteiger partial charge in [0.1, 0.15) is 0 Å². The van der Waals surface area contributed by atoms with Crippen molar-refractivity contribution in [3.63, 3.8) is 0 Å². The number of hydrogen-bond acceptors (Lipinski definition) is 3. The van der Waals surface area contributed by atoms with Gasteiger partial charge in [-0.3, -0.25) is 0 Å². The van der Waals surface area contributed by atoms with Crippen LogP contribution in [-0.4, -0.2) is 44.8 Å². The van der Waals surface area contributed by atoms with Gasteiger partial charge in [0.05, 0.1) is 12.1 Å². The monoisotopic (exact) mass is 288 g/mol. The van der Waals surface area contributed by atoms with Crippen LogP contribution in [0.5, 0.6) is 0 Å². The molecule has 1 fully saturated rings. The average molecular weight is 288 g/mol. The predicted octanol–water partition coefficient (Wildman–Crippen LogP) is 2.25. The molecule has 0 bridgehead atoms. The third-order valence-corrected chi connectivity index (χ3v) is 8.81. The van der Waals surface area contributed by atoms with Gasteiger partial charge in [-0.1, -0.05) is 27.7 Å². The van der Waals surface area contributed by atoms with E-state index in [1.54, 1.807) is 0 Å². The molecule has 0 radical (unpaired) electrons. The van der Waals surface area contributed by atoms with Crippen molar-refractivity contribution in [1.29, 1.82) is 0 Å². The number of hydrogen-bond donors (Lipinski definition) is 3. The second kappa shape index (κ2) is 5.81. The van der Waals surface area contributed by atoms with Gasteiger partial charge in [0.15, 0.2) is 8.32 Å². The Morgan fingerprint density at radius 2 is 1.95 bits per heavy atom. The number of rotatable bonds is 3. The third-order valence-electron chi connectivity index (χ3n) is 4.33. The Morgan fingerprint density at radius 1 is 1.37 bits per heavy atom. The van der Waals surface area contributed by atoms with E-state index < -0.39 is 14.4 Å². The molecule has 1 amide bonds. The first kappa shape index (κ1) is 16.5. The lowest BCUT2D eigenvalue weighted by Gasteiger charge is -2.45. The quantitative estimate of drug-likeness (QED) is 0.697. The summed E-state index contributed by atoms with van der Waals surface area (Å²) in [5.41, 5.74) is 0. The second-order valence-corrected chi connectivity index (χ2v) is 11.8. The van der Waals surface area contributed by atoms with Crippen molar-refractivity contribution in [2.75, 3.05) is 13.1 Å². The first-order valence-corrected chi connectivity index (χ1v) is 9.83. The van der Waals surface area contributed by atoms with E-state index in [0.717, 1.165) is 6.54 Å². The van der Waals surface area contributed by atoms with Crippen LogP contribution in [0.2, 0.25) is 18.1 Å². The van der Waals surface area contributed by atoms with Crippen LogP contribution in [0.1, 0.15) is 27.7 Å². The first-order valence-electron chi connectivity index (χ1n) is 6.92. The summed E-state index contributed by atoms with van der Waals surface area (Å²) >= 11 is 0. The molecule has 0 aromatic carbocycles. The van der Waals surface area contributed by atoms with Crippen molar-refractivity contribution in [3.05, 3.63) is 0 Å². The van der Waals surface area contributed by atoms with Gasteiger partial charge in [-0.15, -0.1) is 0 Å². The maximum absolute atomic E-state index is 10.9. The Kier molecular flexibility index (Phi) is 5.03. The van der Waals surface area contributed by atoms with E-state index in [1.807, 2.05) is 0 Å². The van der Waals surface area contributed by atoms with Gasteiger partial charge in [0.2, 0.25) is 0 Å². The van der Waals surface area contributed by atoms with Crippen molar-refractivity contribution >= 4 is 14.4 Å². The molecule has 3 N–H and O–H groups in total. The summed E-state index contributed by atoms with van der Waals surface area (Å²) in [6, 6.07) is -0.171. The van der Waals surface area contributed by atoms with Gasteiger partial charge in [-0.05, 0) is 24.1 Å². The molecular weight excluding hydrogens is 260 g/mol. The zero-order valence-electron chi connectivity index (χ0n) is 12.9. The fourth-order valence-corrected chi connectivity index (χ4v) is 3.53. The molecule has 1 rings (SSSR count). The molecule has 5 nitrogen and oxygen atoms in total. The molecule has 0 unspecified atom stereocenters. The molecule has 3 atom stereocenters. The standard InChI is InChI=1S/C13H28N2O3Si/c1-9-7-14-8-10(15-12(16)17)11(9)18-19(5,6)13(2,3)4/h9-11,14-15H,7-8H2,1-6H3,(H,16,17)/t9-,10+,11+/m0/s1. The molecular formula is C13H28N2O3Si. The van der Waals surface area contributed by atoms with Gasteiger partial charge in [-0.25, -0.2) is 4.79 Å². The summed E-state index contributed by atoms with van der Waals surface area (Å²) < 4.78 is 6.44. The van der Waals surface area contributed by atoms with E-state index in [9.17, 15) is 4.79 Å². The topological polar surface area (TPSA) is 70.6 Å². The number of nitrogens with one attached hydrogen (secondary N) is 2. The molecule has 6 heteroatoms. The smallest absolute Gasteiger partial charge is 0.405 e. The molecule has 0 saturated carbocycles. The number of amides is 1. The highest BCUT2D eigenvalue weighted by molar-refractivity contribution is 6.74. The van der Waals surface area contributed by atoms with Gasteiger partial charge in [0, 0.05) is 13.1 Å². The summed E-state index contributed by atoms with van der Waals surface area (Å²) in [6.07, 6.45) is -1.03. The van der Waals surface area contributed by atoms with Crippen LogP contribution < -0.4 is 10.6 Å². The molecule has 1 heterocycles. The van der Waals surface area contributed by atoms with Crippen molar-refractivity contribution in [2.45, 2.75) is 58.0 Å². The van der Waals surface area contributed by atoms with Crippen LogP contribution in [-0.2, 0) is 4.43 Å². The summed E-state index contributed by atoms with van der Waals surface area (Å²) in [5, 5.41) is 14.9. The molecule has 0 aromatic heterocycles. The number of piperidine rings is 1. The number of carboxylic acid groups (broad SMARTS) is 1. The molecule has 1 aliphatic rings. The molecule has 0 aliphatic carbocycles. The average Bonchev–Trinajstić information content (AvgIpc) is 2.20. The van der Waals surface area contributed by atoms with Gasteiger partial charge >= 0.3 is 6.09 Å². The third kappa shape index (κ3) is 4.19. The largest absolute Gasteiger partial charge is 0.465 e. The SMILES string of the molecule is C[C@H]1CNC[C@@H](NC(=O)O)[C@@H]1O[Si](C)(C)C(C)(C)C. The summed E-state index contributed by atoms with van der Waals surface area (Å²) in [6.45, 7) is 14.6. The highest BCUT2D eigenvalue weighted by Gasteiger charge is 2.43. The molecule has 19 heavy (non-hydrogen) atoms. The van der Waals surface area contributed by atoms with Gasteiger partial charge < -0.3 is 20.2 Å². The van der Waals surface area contributed by atoms with E-state index in [4.69, 9.17) is 9.53 Å². The van der Waals surface area contributed by atoms with E-state index in [2.05, 4.69) is 51.4 Å². The van der Waals surface area contributed by atoms with Crippen molar-refractivity contribution in [1.82, 2.24) is 10.6 Å². The van der Waals surface area contributed by atoms with Crippen molar-refractivity contribution < 1.29 is 14.3 Å². The highest BCUT2D eigenvalue weighted by atomic mass is 28.4. The van der Waals surface area contributed by atoms with E-state index >= 15 is 0 Å². The van der Waals surface area contributed by atoms with Crippen LogP contribution >= 0.6 is 0 Å². The predicted molar refractivity (Wildman–Crippen MR) is 79.1 cm³/mol. The maximum Gasteiger partial charge on any atom is 0.405 e. The summed E-state index contributed by atoms with van der Waals surface area (Å²) in [5.74, 6) is 0.305. The van der Waals surface area contributed by atoms with Gasteiger partial charge in [-0.2, -0.15) is 0 Å². The van der Waals surface area contributed by atoms with Crippen LogP contribution in [0.3, 0.4) is 0 Å². The lowest BCUT2D eigenvalue weighted by Crippen LogP contribution is -2.61. The molecule has 112 valence electrons. The molecule has 1 saturated heterocycles. The second-order valence-electron chi connectivity index (χ2n) is 7.03. The fourth-order valence-electron chi connectivity index (χ4n) is 2.10. The minimum atomic E-state index is -1.89. The van der Waals surface area contributed by atoms with Crippen LogP contribution in [0.15, 0.2) is 0 Å². The fraction of sp³-hybridized carbons (Fsp3) is 0.923. The normalized spacial score (nSPS) is 29.1. The first-order chi connectivity index (χ1) is 8.54. The number of carbonyl (C=O) groups is 1. The van der Waals surface area contributed by atoms with Crippen LogP contribution in [0.4, 0.5) is 4.79 Å². The minimum absolute atomic E-state index is 0.0433. The summed E-state index contributed by atoms with van der Waals surface area (Å²) in [7, 11) is -1.89. The minimum Gasteiger partial charge on any atom is -0.465 e. The van der Waals surface area contributed by atoms with Gasteiger partial charge in [0.25, 0.3) is 0 Å². The van der Waals surface area contributed by atoms with Crippen molar-refractivity contribution in [2.24, 2.45) is 5.92 Å². The Bertz CT molecular complexity index is 328. The Hall–Kier alpha value is -0.593. The van der Waals surface area contributed by atoms with Crippen LogP contribution in [0, 0.1) is 5.92 Å². The van der Waals surface area contributed by atoms with E-state index in [0.29, 0.717) is 12.5 Å². The Morgan fingerprint density at radius 3 is 2.42 bits per heavy atom.